The first kappa shape index (κ1) is 21.2. The van der Waals surface area contributed by atoms with Gasteiger partial charge in [0.05, 0.1) is 16.4 Å². The van der Waals surface area contributed by atoms with Gasteiger partial charge in [0.2, 0.25) is 0 Å². The van der Waals surface area contributed by atoms with Crippen LogP contribution in [0.4, 0.5) is 11.4 Å². The summed E-state index contributed by atoms with van der Waals surface area (Å²) in [4.78, 5) is 16.6. The third-order valence-electron chi connectivity index (χ3n) is 5.41. The Morgan fingerprint density at radius 2 is 1.82 bits per heavy atom. The van der Waals surface area contributed by atoms with E-state index in [9.17, 15) is 13.2 Å². The molecule has 10 heteroatoms. The average Bonchev–Trinajstić information content (AvgIpc) is 3.50. The molecule has 3 aromatic carbocycles. The second-order valence-corrected chi connectivity index (χ2v) is 9.68. The highest BCUT2D eigenvalue weighted by Crippen LogP contribution is 2.35. The van der Waals surface area contributed by atoms with Crippen LogP contribution in [0.1, 0.15) is 15.9 Å². The summed E-state index contributed by atoms with van der Waals surface area (Å²) in [7, 11) is -3.94. The van der Waals surface area contributed by atoms with Gasteiger partial charge in [-0.1, -0.05) is 29.8 Å². The topological polar surface area (TPSA) is 97.2 Å². The Bertz CT molecular complexity index is 1440. The van der Waals surface area contributed by atoms with Gasteiger partial charge in [0.15, 0.2) is 0 Å². The predicted octanol–water partition coefficient (Wildman–Crippen LogP) is 3.92. The van der Waals surface area contributed by atoms with Crippen molar-refractivity contribution in [1.29, 1.82) is 0 Å². The first-order valence-electron chi connectivity index (χ1n) is 10.1. The van der Waals surface area contributed by atoms with Crippen molar-refractivity contribution >= 4 is 38.9 Å². The van der Waals surface area contributed by atoms with E-state index in [0.29, 0.717) is 24.3 Å². The van der Waals surface area contributed by atoms with Gasteiger partial charge in [-0.25, -0.2) is 18.1 Å². The van der Waals surface area contributed by atoms with Gasteiger partial charge in [-0.15, -0.1) is 0 Å². The van der Waals surface area contributed by atoms with Crippen LogP contribution in [0.2, 0.25) is 5.02 Å². The van der Waals surface area contributed by atoms with E-state index < -0.39 is 15.9 Å². The van der Waals surface area contributed by atoms with Gasteiger partial charge in [0, 0.05) is 17.8 Å². The number of hydrogen-bond donors (Lipinski definition) is 1. The molecule has 0 saturated carbocycles. The number of hydrogen-bond acceptors (Lipinski definition) is 5. The van der Waals surface area contributed by atoms with Crippen LogP contribution in [0.5, 0.6) is 0 Å². The average molecular weight is 480 g/mol. The standard InChI is InChI=1S/C23H18ClN5O3S/c24-20-10-5-17(23(30)27-18-6-8-19(9-7-18)28-15-25-14-26-28)13-22(20)33(31,32)29-12-11-16-3-1-2-4-21(16)29/h1-10,13-15H,11-12H2,(H,27,30). The van der Waals surface area contributed by atoms with Crippen molar-refractivity contribution < 1.29 is 13.2 Å². The molecule has 0 radical (unpaired) electrons. The molecule has 1 aliphatic rings. The molecule has 0 fully saturated rings. The summed E-state index contributed by atoms with van der Waals surface area (Å²) in [6.07, 6.45) is 3.63. The molecule has 4 aromatic rings. The number of aromatic nitrogens is 3. The van der Waals surface area contributed by atoms with Crippen molar-refractivity contribution in [3.63, 3.8) is 0 Å². The number of nitrogens with one attached hydrogen (secondary N) is 1. The Morgan fingerprint density at radius 1 is 1.03 bits per heavy atom. The highest BCUT2D eigenvalue weighted by atomic mass is 35.5. The first-order valence-corrected chi connectivity index (χ1v) is 11.9. The lowest BCUT2D eigenvalue weighted by Crippen LogP contribution is -2.29. The molecule has 0 atom stereocenters. The Labute approximate surface area is 195 Å². The zero-order chi connectivity index (χ0) is 23.0. The number of anilines is 2. The molecule has 1 amide bonds. The van der Waals surface area contributed by atoms with Crippen molar-refractivity contribution in [3.8, 4) is 5.69 Å². The van der Waals surface area contributed by atoms with Crippen LogP contribution in [-0.4, -0.2) is 35.6 Å². The smallest absolute Gasteiger partial charge is 0.265 e. The molecule has 33 heavy (non-hydrogen) atoms. The number of carbonyl (C=O) groups excluding carboxylic acids is 1. The number of halogens is 1. The fourth-order valence-electron chi connectivity index (χ4n) is 3.76. The fourth-order valence-corrected chi connectivity index (χ4v) is 5.77. The molecule has 0 unspecified atom stereocenters. The van der Waals surface area contributed by atoms with E-state index in [1.807, 2.05) is 12.1 Å². The van der Waals surface area contributed by atoms with Crippen molar-refractivity contribution in [2.45, 2.75) is 11.3 Å². The van der Waals surface area contributed by atoms with Gasteiger partial charge in [0.25, 0.3) is 15.9 Å². The molecule has 166 valence electrons. The molecular weight excluding hydrogens is 462 g/mol. The minimum absolute atomic E-state index is 0.0631. The van der Waals surface area contributed by atoms with Gasteiger partial charge in [-0.05, 0) is 60.5 Å². The molecule has 5 rings (SSSR count). The molecule has 0 saturated heterocycles. The van der Waals surface area contributed by atoms with Crippen LogP contribution in [0.25, 0.3) is 5.69 Å². The predicted molar refractivity (Wildman–Crippen MR) is 125 cm³/mol. The van der Waals surface area contributed by atoms with Crippen molar-refractivity contribution in [2.24, 2.45) is 0 Å². The third kappa shape index (κ3) is 3.96. The number of amides is 1. The summed E-state index contributed by atoms with van der Waals surface area (Å²) >= 11 is 6.27. The Balaban J connectivity index is 1.40. The highest BCUT2D eigenvalue weighted by molar-refractivity contribution is 7.93. The summed E-state index contributed by atoms with van der Waals surface area (Å²) in [5.74, 6) is -0.446. The number of nitrogens with zero attached hydrogens (tertiary/aromatic N) is 4. The number of para-hydroxylation sites is 1. The molecule has 2 heterocycles. The molecule has 8 nitrogen and oxygen atoms in total. The maximum absolute atomic E-state index is 13.4. The van der Waals surface area contributed by atoms with E-state index in [1.165, 1.54) is 28.8 Å². The van der Waals surface area contributed by atoms with Gasteiger partial charge < -0.3 is 5.32 Å². The SMILES string of the molecule is O=C(Nc1ccc(-n2cncn2)cc1)c1ccc(Cl)c(S(=O)(=O)N2CCc3ccccc32)c1. The zero-order valence-corrected chi connectivity index (χ0v) is 18.8. The van der Waals surface area contributed by atoms with Crippen LogP contribution in [0.15, 0.2) is 84.3 Å². The van der Waals surface area contributed by atoms with Crippen molar-refractivity contribution in [2.75, 3.05) is 16.2 Å². The van der Waals surface area contributed by atoms with Gasteiger partial charge in [0.1, 0.15) is 17.6 Å². The van der Waals surface area contributed by atoms with Crippen LogP contribution < -0.4 is 9.62 Å². The van der Waals surface area contributed by atoms with Crippen molar-refractivity contribution in [1.82, 2.24) is 14.8 Å². The van der Waals surface area contributed by atoms with Crippen LogP contribution in [0, 0.1) is 0 Å². The maximum atomic E-state index is 13.4. The third-order valence-corrected chi connectivity index (χ3v) is 7.71. The van der Waals surface area contributed by atoms with E-state index in [0.717, 1.165) is 11.3 Å². The molecule has 1 aromatic heterocycles. The highest BCUT2D eigenvalue weighted by Gasteiger charge is 2.32. The van der Waals surface area contributed by atoms with E-state index in [2.05, 4.69) is 15.4 Å². The molecule has 1 N–H and O–H groups in total. The number of fused-ring (bicyclic) bond motifs is 1. The summed E-state index contributed by atoms with van der Waals surface area (Å²) in [6, 6.07) is 18.6. The summed E-state index contributed by atoms with van der Waals surface area (Å²) in [5.41, 5.74) is 3.12. The lowest BCUT2D eigenvalue weighted by molar-refractivity contribution is 0.102. The second-order valence-electron chi connectivity index (χ2n) is 7.44. The van der Waals surface area contributed by atoms with E-state index in [-0.39, 0.29) is 15.5 Å². The van der Waals surface area contributed by atoms with Gasteiger partial charge in [-0.3, -0.25) is 9.10 Å². The number of rotatable bonds is 5. The van der Waals surface area contributed by atoms with E-state index in [4.69, 9.17) is 11.6 Å². The first-order chi connectivity index (χ1) is 15.9. The molecule has 0 bridgehead atoms. The number of benzene rings is 3. The quantitative estimate of drug-likeness (QED) is 0.468. The lowest BCUT2D eigenvalue weighted by Gasteiger charge is -2.20. The van der Waals surface area contributed by atoms with E-state index in [1.54, 1.807) is 47.4 Å². The Kier molecular flexibility index (Phi) is 5.35. The van der Waals surface area contributed by atoms with Crippen LogP contribution >= 0.6 is 11.6 Å². The second kappa shape index (κ2) is 8.34. The monoisotopic (exact) mass is 479 g/mol. The van der Waals surface area contributed by atoms with Gasteiger partial charge in [-0.2, -0.15) is 5.10 Å². The molecule has 1 aliphatic heterocycles. The largest absolute Gasteiger partial charge is 0.322 e. The van der Waals surface area contributed by atoms with Crippen LogP contribution in [-0.2, 0) is 16.4 Å². The zero-order valence-electron chi connectivity index (χ0n) is 17.2. The summed E-state index contributed by atoms with van der Waals surface area (Å²) in [6.45, 7) is 0.326. The number of carbonyl (C=O) groups is 1. The normalized spacial score (nSPS) is 13.1. The summed E-state index contributed by atoms with van der Waals surface area (Å²) < 4.78 is 29.7. The molecule has 0 aliphatic carbocycles. The van der Waals surface area contributed by atoms with Crippen molar-refractivity contribution in [3.05, 3.63) is 95.5 Å². The van der Waals surface area contributed by atoms with Crippen LogP contribution in [0.3, 0.4) is 0 Å². The Morgan fingerprint density at radius 3 is 2.58 bits per heavy atom. The van der Waals surface area contributed by atoms with E-state index >= 15 is 0 Å². The van der Waals surface area contributed by atoms with Gasteiger partial charge >= 0.3 is 0 Å². The maximum Gasteiger partial charge on any atom is 0.265 e. The minimum Gasteiger partial charge on any atom is -0.322 e. The Hall–Kier alpha value is -3.69. The lowest BCUT2D eigenvalue weighted by atomic mass is 10.2. The summed E-state index contributed by atoms with van der Waals surface area (Å²) in [5, 5.41) is 6.90. The fraction of sp³-hybridized carbons (Fsp3) is 0.0870. The number of sulfonamides is 1. The minimum atomic E-state index is -3.94. The molecule has 0 spiro atoms. The molecular formula is C23H18ClN5O3S.